The molecule has 1 aromatic rings. The summed E-state index contributed by atoms with van der Waals surface area (Å²) in [6.07, 6.45) is 4.84. The molecule has 6 nitrogen and oxygen atoms in total. The number of rotatable bonds is 6. The minimum absolute atomic E-state index is 0.0483. The van der Waals surface area contributed by atoms with Crippen molar-refractivity contribution in [2.75, 3.05) is 0 Å². The molecule has 0 radical (unpaired) electrons. The lowest BCUT2D eigenvalue weighted by molar-refractivity contribution is -0.130. The smallest absolute Gasteiger partial charge is 0.261 e. The van der Waals surface area contributed by atoms with E-state index in [9.17, 15) is 9.59 Å². The molecule has 142 valence electrons. The number of hydrogen-bond acceptors (Lipinski definition) is 3. The van der Waals surface area contributed by atoms with E-state index in [1.54, 1.807) is 0 Å². The molecule has 1 aromatic carbocycles. The van der Waals surface area contributed by atoms with Gasteiger partial charge in [-0.05, 0) is 36.5 Å². The van der Waals surface area contributed by atoms with Crippen LogP contribution in [0.2, 0.25) is 0 Å². The number of benzene rings is 1. The van der Waals surface area contributed by atoms with E-state index < -0.39 is 6.04 Å². The van der Waals surface area contributed by atoms with Gasteiger partial charge in [-0.3, -0.25) is 20.4 Å². The van der Waals surface area contributed by atoms with Crippen molar-refractivity contribution in [3.05, 3.63) is 35.9 Å². The highest BCUT2D eigenvalue weighted by Gasteiger charge is 2.24. The van der Waals surface area contributed by atoms with Crippen molar-refractivity contribution in [3.63, 3.8) is 0 Å². The number of amides is 2. The van der Waals surface area contributed by atoms with E-state index in [2.05, 4.69) is 21.5 Å². The molecule has 0 saturated heterocycles. The molecule has 0 heterocycles. The molecule has 0 unspecified atom stereocenters. The highest BCUT2D eigenvalue weighted by atomic mass is 32.1. The Bertz CT molecular complexity index is 615. The largest absolute Gasteiger partial charge is 0.359 e. The highest BCUT2D eigenvalue weighted by molar-refractivity contribution is 7.80. The number of hydrogen-bond donors (Lipinski definition) is 4. The maximum absolute atomic E-state index is 12.4. The van der Waals surface area contributed by atoms with Gasteiger partial charge in [-0.1, -0.05) is 57.0 Å². The number of hydrazine groups is 1. The van der Waals surface area contributed by atoms with Crippen LogP contribution in [0.1, 0.15) is 45.1 Å². The summed E-state index contributed by atoms with van der Waals surface area (Å²) < 4.78 is 0. The molecule has 0 bridgehead atoms. The van der Waals surface area contributed by atoms with Gasteiger partial charge in [0.15, 0.2) is 5.11 Å². The van der Waals surface area contributed by atoms with Gasteiger partial charge >= 0.3 is 0 Å². The molecule has 4 N–H and O–H groups in total. The summed E-state index contributed by atoms with van der Waals surface area (Å²) in [6, 6.07) is 9.19. The van der Waals surface area contributed by atoms with Crippen molar-refractivity contribution in [3.8, 4) is 0 Å². The van der Waals surface area contributed by atoms with Crippen LogP contribution in [0, 0.1) is 5.92 Å². The van der Waals surface area contributed by atoms with Gasteiger partial charge in [0.1, 0.15) is 6.04 Å². The summed E-state index contributed by atoms with van der Waals surface area (Å²) in [7, 11) is 0. The van der Waals surface area contributed by atoms with E-state index in [1.807, 2.05) is 44.2 Å². The lowest BCUT2D eigenvalue weighted by Gasteiger charge is -2.23. The minimum Gasteiger partial charge on any atom is -0.359 e. The maximum Gasteiger partial charge on any atom is 0.261 e. The van der Waals surface area contributed by atoms with E-state index in [0.717, 1.165) is 18.4 Å². The van der Waals surface area contributed by atoms with E-state index in [4.69, 9.17) is 12.2 Å². The van der Waals surface area contributed by atoms with E-state index in [1.165, 1.54) is 12.8 Å². The van der Waals surface area contributed by atoms with Crippen molar-refractivity contribution >= 4 is 29.1 Å². The second-order valence-electron chi connectivity index (χ2n) is 7.02. The van der Waals surface area contributed by atoms with Gasteiger partial charge in [-0.25, -0.2) is 0 Å². The SMILES string of the molecule is CC(C)[C@H](NC(=O)Cc1ccccc1)C(=O)NNC(=S)NC1CCCC1. The van der Waals surface area contributed by atoms with Crippen molar-refractivity contribution in [2.24, 2.45) is 5.92 Å². The zero-order valence-corrected chi connectivity index (χ0v) is 16.2. The molecule has 0 aliphatic heterocycles. The zero-order chi connectivity index (χ0) is 18.9. The van der Waals surface area contributed by atoms with Crippen LogP contribution in [-0.2, 0) is 16.0 Å². The van der Waals surface area contributed by atoms with Crippen molar-refractivity contribution in [2.45, 2.75) is 58.0 Å². The molecule has 2 rings (SSSR count). The first kappa shape index (κ1) is 20.2. The molecule has 2 amide bonds. The number of carbonyl (C=O) groups is 2. The molecule has 1 saturated carbocycles. The fourth-order valence-electron chi connectivity index (χ4n) is 3.03. The third-order valence-electron chi connectivity index (χ3n) is 4.46. The van der Waals surface area contributed by atoms with Crippen LogP contribution in [0.4, 0.5) is 0 Å². The molecule has 1 aliphatic rings. The summed E-state index contributed by atoms with van der Waals surface area (Å²) in [4.78, 5) is 24.7. The normalized spacial score (nSPS) is 15.3. The van der Waals surface area contributed by atoms with Gasteiger partial charge < -0.3 is 10.6 Å². The fraction of sp³-hybridized carbons (Fsp3) is 0.526. The molecular weight excluding hydrogens is 348 g/mol. The Morgan fingerprint density at radius 2 is 1.77 bits per heavy atom. The van der Waals surface area contributed by atoms with Crippen LogP contribution < -0.4 is 21.5 Å². The first-order valence-electron chi connectivity index (χ1n) is 9.15. The summed E-state index contributed by atoms with van der Waals surface area (Å²) >= 11 is 5.21. The molecule has 1 aliphatic carbocycles. The van der Waals surface area contributed by atoms with Gasteiger partial charge in [-0.2, -0.15) is 0 Å². The Labute approximate surface area is 160 Å². The van der Waals surface area contributed by atoms with Crippen LogP contribution in [0.25, 0.3) is 0 Å². The molecule has 26 heavy (non-hydrogen) atoms. The van der Waals surface area contributed by atoms with Crippen LogP contribution in [0.3, 0.4) is 0 Å². The number of carbonyl (C=O) groups excluding carboxylic acids is 2. The third-order valence-corrected chi connectivity index (χ3v) is 4.68. The summed E-state index contributed by atoms with van der Waals surface area (Å²) in [5, 5.41) is 6.41. The Morgan fingerprint density at radius 3 is 2.38 bits per heavy atom. The topological polar surface area (TPSA) is 82.3 Å². The summed E-state index contributed by atoms with van der Waals surface area (Å²) in [6.45, 7) is 3.78. The van der Waals surface area contributed by atoms with Crippen LogP contribution in [0.5, 0.6) is 0 Å². The van der Waals surface area contributed by atoms with E-state index in [-0.39, 0.29) is 24.2 Å². The minimum atomic E-state index is -0.631. The van der Waals surface area contributed by atoms with Crippen LogP contribution in [-0.4, -0.2) is 29.0 Å². The van der Waals surface area contributed by atoms with E-state index in [0.29, 0.717) is 11.2 Å². The molecule has 0 spiro atoms. The third kappa shape index (κ3) is 6.63. The van der Waals surface area contributed by atoms with Crippen molar-refractivity contribution in [1.29, 1.82) is 0 Å². The van der Waals surface area contributed by atoms with Crippen molar-refractivity contribution in [1.82, 2.24) is 21.5 Å². The van der Waals surface area contributed by atoms with Crippen LogP contribution in [0.15, 0.2) is 30.3 Å². The first-order chi connectivity index (χ1) is 12.5. The monoisotopic (exact) mass is 376 g/mol. The molecule has 0 aromatic heterocycles. The maximum atomic E-state index is 12.4. The summed E-state index contributed by atoms with van der Waals surface area (Å²) in [5.74, 6) is -0.540. The Balaban J connectivity index is 1.80. The van der Waals surface area contributed by atoms with Gasteiger partial charge in [0.2, 0.25) is 5.91 Å². The Morgan fingerprint density at radius 1 is 1.12 bits per heavy atom. The quantitative estimate of drug-likeness (QED) is 0.450. The van der Waals surface area contributed by atoms with Gasteiger partial charge in [-0.15, -0.1) is 0 Å². The first-order valence-corrected chi connectivity index (χ1v) is 9.56. The molecule has 1 fully saturated rings. The van der Waals surface area contributed by atoms with Crippen LogP contribution >= 0.6 is 12.2 Å². The number of thiocarbonyl (C=S) groups is 1. The summed E-state index contributed by atoms with van der Waals surface area (Å²) in [5.41, 5.74) is 6.25. The average Bonchev–Trinajstić information content (AvgIpc) is 3.11. The molecule has 7 heteroatoms. The zero-order valence-electron chi connectivity index (χ0n) is 15.4. The number of nitrogens with one attached hydrogen (secondary N) is 4. The predicted molar refractivity (Wildman–Crippen MR) is 106 cm³/mol. The molecular formula is C19H28N4O2S. The second kappa shape index (κ2) is 10.1. The van der Waals surface area contributed by atoms with Crippen molar-refractivity contribution < 1.29 is 9.59 Å². The van der Waals surface area contributed by atoms with Gasteiger partial charge in [0.05, 0.1) is 6.42 Å². The predicted octanol–water partition coefficient (Wildman–Crippen LogP) is 1.81. The molecule has 1 atom stereocenters. The Kier molecular flexibility index (Phi) is 7.84. The fourth-order valence-corrected chi connectivity index (χ4v) is 3.25. The lowest BCUT2D eigenvalue weighted by Crippen LogP contribution is -2.56. The van der Waals surface area contributed by atoms with Gasteiger partial charge in [0.25, 0.3) is 5.91 Å². The van der Waals surface area contributed by atoms with Gasteiger partial charge in [0, 0.05) is 6.04 Å². The second-order valence-corrected chi connectivity index (χ2v) is 7.43. The standard InChI is InChI=1S/C19H28N4O2S/c1-13(2)17(21-16(24)12-14-8-4-3-5-9-14)18(25)22-23-19(26)20-15-10-6-7-11-15/h3-5,8-9,13,15,17H,6-7,10-12H2,1-2H3,(H,21,24)(H,22,25)(H2,20,23,26)/t17-/m0/s1. The highest BCUT2D eigenvalue weighted by Crippen LogP contribution is 2.17. The lowest BCUT2D eigenvalue weighted by atomic mass is 10.0. The average molecular weight is 377 g/mol. The Hall–Kier alpha value is -2.15. The van der Waals surface area contributed by atoms with E-state index >= 15 is 0 Å².